The molecule has 7 heteroatoms. The summed E-state index contributed by atoms with van der Waals surface area (Å²) in [6, 6.07) is 0. The third-order valence-electron chi connectivity index (χ3n) is 2.43. The summed E-state index contributed by atoms with van der Waals surface area (Å²) in [6.07, 6.45) is 1.50. The quantitative estimate of drug-likeness (QED) is 0.798. The Hall–Kier alpha value is -1.37. The molecule has 0 bridgehead atoms. The Labute approximate surface area is 93.6 Å². The Morgan fingerprint density at radius 1 is 1.50 bits per heavy atom. The highest BCUT2D eigenvalue weighted by molar-refractivity contribution is 7.92. The van der Waals surface area contributed by atoms with Gasteiger partial charge in [0.1, 0.15) is 11.4 Å². The topological polar surface area (TPSA) is 81.1 Å². The molecule has 2 heterocycles. The second kappa shape index (κ2) is 3.58. The largest absolute Gasteiger partial charge is 0.321 e. The number of amides is 1. The Balaban J connectivity index is 2.64. The predicted molar refractivity (Wildman–Crippen MR) is 57.9 cm³/mol. The molecule has 0 spiro atoms. The van der Waals surface area contributed by atoms with Gasteiger partial charge in [0.25, 0.3) is 0 Å². The van der Waals surface area contributed by atoms with Crippen LogP contribution in [0.4, 0.5) is 5.69 Å². The van der Waals surface area contributed by atoms with E-state index >= 15 is 0 Å². The van der Waals surface area contributed by atoms with Gasteiger partial charge in [-0.25, -0.2) is 8.42 Å². The first kappa shape index (κ1) is 11.1. The molecule has 88 valence electrons. The average Bonchev–Trinajstić information content (AvgIpc) is 2.42. The van der Waals surface area contributed by atoms with Gasteiger partial charge in [0, 0.05) is 7.05 Å². The second-order valence-corrected chi connectivity index (χ2v) is 5.71. The van der Waals surface area contributed by atoms with Crippen molar-refractivity contribution in [2.45, 2.75) is 24.8 Å². The molecule has 2 rings (SSSR count). The molecule has 1 aromatic heterocycles. The summed E-state index contributed by atoms with van der Waals surface area (Å²) in [5.74, 6) is -0.983. The first-order chi connectivity index (χ1) is 7.45. The summed E-state index contributed by atoms with van der Waals surface area (Å²) in [7, 11) is -1.95. The number of aryl methyl sites for hydroxylation is 2. The number of rotatable bonds is 2. The molecule has 0 saturated carbocycles. The van der Waals surface area contributed by atoms with Gasteiger partial charge >= 0.3 is 0 Å². The number of fused-ring (bicyclic) bond motifs is 1. The lowest BCUT2D eigenvalue weighted by molar-refractivity contribution is -0.114. The van der Waals surface area contributed by atoms with Gasteiger partial charge in [0.2, 0.25) is 15.7 Å². The van der Waals surface area contributed by atoms with E-state index in [0.717, 1.165) is 6.42 Å². The van der Waals surface area contributed by atoms with Crippen LogP contribution in [0.3, 0.4) is 0 Å². The van der Waals surface area contributed by atoms with Gasteiger partial charge in [0.05, 0.1) is 5.69 Å². The number of aromatic nitrogens is 2. The van der Waals surface area contributed by atoms with Crippen molar-refractivity contribution in [3.05, 3.63) is 5.69 Å². The Bertz CT molecular complexity index is 545. The average molecular weight is 243 g/mol. The third kappa shape index (κ3) is 1.60. The minimum Gasteiger partial charge on any atom is -0.321 e. The lowest BCUT2D eigenvalue weighted by Gasteiger charge is -2.14. The molecule has 1 aromatic rings. The van der Waals surface area contributed by atoms with Crippen LogP contribution >= 0.6 is 0 Å². The minimum atomic E-state index is -3.53. The van der Waals surface area contributed by atoms with Crippen LogP contribution in [0.25, 0.3) is 0 Å². The number of sulfone groups is 1. The molecular weight excluding hydrogens is 230 g/mol. The highest BCUT2D eigenvalue weighted by atomic mass is 32.2. The molecule has 0 atom stereocenters. The van der Waals surface area contributed by atoms with Crippen LogP contribution < -0.4 is 5.32 Å². The van der Waals surface area contributed by atoms with E-state index in [1.54, 1.807) is 7.05 Å². The van der Waals surface area contributed by atoms with Gasteiger partial charge in [-0.3, -0.25) is 9.48 Å². The van der Waals surface area contributed by atoms with E-state index in [4.69, 9.17) is 0 Å². The smallest absolute Gasteiger partial charge is 0.240 e. The molecule has 1 aliphatic heterocycles. The second-order valence-electron chi connectivity index (χ2n) is 3.81. The number of hydrogen-bond donors (Lipinski definition) is 1. The lowest BCUT2D eigenvalue weighted by atomic mass is 10.2. The van der Waals surface area contributed by atoms with E-state index in [1.807, 2.05) is 6.92 Å². The van der Waals surface area contributed by atoms with Gasteiger partial charge < -0.3 is 5.32 Å². The number of hydrogen-bond acceptors (Lipinski definition) is 4. The van der Waals surface area contributed by atoms with Crippen molar-refractivity contribution in [3.8, 4) is 0 Å². The van der Waals surface area contributed by atoms with Crippen LogP contribution in [-0.2, 0) is 28.1 Å². The monoisotopic (exact) mass is 243 g/mol. The maximum Gasteiger partial charge on any atom is 0.240 e. The Morgan fingerprint density at radius 2 is 2.19 bits per heavy atom. The number of carbonyl (C=O) groups is 1. The predicted octanol–water partition coefficient (Wildman–Crippen LogP) is 0.0984. The number of nitrogens with zero attached hydrogens (tertiary/aromatic N) is 2. The molecule has 0 saturated heterocycles. The van der Waals surface area contributed by atoms with E-state index in [0.29, 0.717) is 17.8 Å². The van der Waals surface area contributed by atoms with Crippen molar-refractivity contribution < 1.29 is 13.2 Å². The van der Waals surface area contributed by atoms with Crippen LogP contribution in [0, 0.1) is 0 Å². The zero-order valence-corrected chi connectivity index (χ0v) is 9.97. The van der Waals surface area contributed by atoms with Crippen LogP contribution in [0.15, 0.2) is 5.03 Å². The van der Waals surface area contributed by atoms with Gasteiger partial charge in [-0.1, -0.05) is 13.3 Å². The van der Waals surface area contributed by atoms with Gasteiger partial charge in [-0.15, -0.1) is 0 Å². The standard InChI is InChI=1S/C9H13N3O3S/c1-3-4-6-8-9(12(2)11-6)16(14,15)5-7(13)10-8/h3-5H2,1-2H3,(H,10,13). The van der Waals surface area contributed by atoms with Crippen molar-refractivity contribution in [2.75, 3.05) is 11.1 Å². The zero-order valence-electron chi connectivity index (χ0n) is 9.15. The highest BCUT2D eigenvalue weighted by Gasteiger charge is 2.34. The summed E-state index contributed by atoms with van der Waals surface area (Å²) >= 11 is 0. The first-order valence-electron chi connectivity index (χ1n) is 5.04. The normalized spacial score (nSPS) is 18.0. The van der Waals surface area contributed by atoms with Crippen molar-refractivity contribution in [1.82, 2.24) is 9.78 Å². The third-order valence-corrected chi connectivity index (χ3v) is 4.13. The van der Waals surface area contributed by atoms with Crippen LogP contribution in [0.1, 0.15) is 19.0 Å². The minimum absolute atomic E-state index is 0.121. The molecule has 0 aliphatic carbocycles. The number of anilines is 1. The summed E-state index contributed by atoms with van der Waals surface area (Å²) in [4.78, 5) is 11.3. The van der Waals surface area contributed by atoms with Crippen molar-refractivity contribution in [3.63, 3.8) is 0 Å². The Kier molecular flexibility index (Phi) is 2.49. The molecular formula is C9H13N3O3S. The molecule has 1 N–H and O–H groups in total. The van der Waals surface area contributed by atoms with Crippen molar-refractivity contribution >= 4 is 21.4 Å². The van der Waals surface area contributed by atoms with E-state index in [1.165, 1.54) is 4.68 Å². The fourth-order valence-corrected chi connectivity index (χ4v) is 3.35. The fourth-order valence-electron chi connectivity index (χ4n) is 1.87. The zero-order chi connectivity index (χ0) is 11.9. The Morgan fingerprint density at radius 3 is 2.81 bits per heavy atom. The fraction of sp³-hybridized carbons (Fsp3) is 0.556. The van der Waals surface area contributed by atoms with Gasteiger partial charge in [-0.2, -0.15) is 5.10 Å². The molecule has 0 unspecified atom stereocenters. The SMILES string of the molecule is CCCc1nn(C)c2c1NC(=O)CS2(=O)=O. The summed E-state index contributed by atoms with van der Waals surface area (Å²) < 4.78 is 24.9. The molecule has 1 aliphatic rings. The molecule has 1 amide bonds. The van der Waals surface area contributed by atoms with Crippen LogP contribution in [0.5, 0.6) is 0 Å². The highest BCUT2D eigenvalue weighted by Crippen LogP contribution is 2.30. The summed E-state index contributed by atoms with van der Waals surface area (Å²) in [6.45, 7) is 1.97. The number of carbonyl (C=O) groups excluding carboxylic acids is 1. The summed E-state index contributed by atoms with van der Waals surface area (Å²) in [5, 5.41) is 6.84. The maximum absolute atomic E-state index is 11.8. The van der Waals surface area contributed by atoms with E-state index < -0.39 is 21.5 Å². The van der Waals surface area contributed by atoms with E-state index in [2.05, 4.69) is 10.4 Å². The molecule has 6 nitrogen and oxygen atoms in total. The maximum atomic E-state index is 11.8. The molecule has 16 heavy (non-hydrogen) atoms. The van der Waals surface area contributed by atoms with Gasteiger partial charge in [0.15, 0.2) is 5.03 Å². The number of nitrogens with one attached hydrogen (secondary N) is 1. The summed E-state index contributed by atoms with van der Waals surface area (Å²) in [5.41, 5.74) is 0.997. The molecule has 0 aromatic carbocycles. The van der Waals surface area contributed by atoms with Crippen LogP contribution in [-0.4, -0.2) is 29.9 Å². The van der Waals surface area contributed by atoms with Gasteiger partial charge in [-0.05, 0) is 6.42 Å². The van der Waals surface area contributed by atoms with Crippen molar-refractivity contribution in [2.24, 2.45) is 7.05 Å². The lowest BCUT2D eigenvalue weighted by Crippen LogP contribution is -2.30. The molecule has 0 fully saturated rings. The molecule has 0 radical (unpaired) electrons. The van der Waals surface area contributed by atoms with E-state index in [9.17, 15) is 13.2 Å². The first-order valence-corrected chi connectivity index (χ1v) is 6.69. The van der Waals surface area contributed by atoms with E-state index in [-0.39, 0.29) is 5.03 Å². The van der Waals surface area contributed by atoms with Crippen LogP contribution in [0.2, 0.25) is 0 Å². The van der Waals surface area contributed by atoms with Crippen molar-refractivity contribution in [1.29, 1.82) is 0 Å².